The summed E-state index contributed by atoms with van der Waals surface area (Å²) in [5, 5.41) is 2.47. The average molecular weight is 406 g/mol. The molecule has 1 aromatic rings. The quantitative estimate of drug-likeness (QED) is 0.819. The van der Waals surface area contributed by atoms with Gasteiger partial charge in [0.15, 0.2) is 9.84 Å². The third kappa shape index (κ3) is 4.90. The Morgan fingerprint density at radius 2 is 2.04 bits per heavy atom. The van der Waals surface area contributed by atoms with Crippen molar-refractivity contribution in [3.63, 3.8) is 0 Å². The highest BCUT2D eigenvalue weighted by atomic mass is 32.2. The smallest absolute Gasteiger partial charge is 0.406 e. The molecule has 7 nitrogen and oxygen atoms in total. The molecule has 1 aromatic carbocycles. The molecule has 2 heterocycles. The minimum Gasteiger partial charge on any atom is -0.406 e. The van der Waals surface area contributed by atoms with Crippen LogP contribution in [0, 0.1) is 5.92 Å². The number of alkyl halides is 3. The van der Waals surface area contributed by atoms with Crippen molar-refractivity contribution in [2.45, 2.75) is 25.2 Å². The summed E-state index contributed by atoms with van der Waals surface area (Å²) in [5.74, 6) is -2.08. The van der Waals surface area contributed by atoms with Gasteiger partial charge >= 0.3 is 6.36 Å². The first kappa shape index (κ1) is 19.5. The van der Waals surface area contributed by atoms with E-state index in [1.54, 1.807) is 0 Å². The van der Waals surface area contributed by atoms with Crippen molar-refractivity contribution in [3.8, 4) is 5.75 Å². The van der Waals surface area contributed by atoms with E-state index in [4.69, 9.17) is 0 Å². The van der Waals surface area contributed by atoms with Crippen LogP contribution in [-0.4, -0.2) is 55.6 Å². The Bertz CT molecular complexity index is 856. The van der Waals surface area contributed by atoms with Crippen LogP contribution in [0.2, 0.25) is 0 Å². The van der Waals surface area contributed by atoms with Crippen molar-refractivity contribution in [2.75, 3.05) is 23.4 Å². The van der Waals surface area contributed by atoms with E-state index in [0.717, 1.165) is 12.1 Å². The largest absolute Gasteiger partial charge is 0.573 e. The lowest BCUT2D eigenvalue weighted by atomic mass is 10.1. The fourth-order valence-corrected chi connectivity index (χ4v) is 5.03. The second-order valence-electron chi connectivity index (χ2n) is 6.57. The Labute approximate surface area is 153 Å². The lowest BCUT2D eigenvalue weighted by Gasteiger charge is -2.23. The number of benzene rings is 1. The van der Waals surface area contributed by atoms with E-state index in [-0.39, 0.29) is 36.1 Å². The topological polar surface area (TPSA) is 92.8 Å². The fourth-order valence-electron chi connectivity index (χ4n) is 3.30. The minimum atomic E-state index is -4.84. The normalized spacial score (nSPS) is 24.9. The summed E-state index contributed by atoms with van der Waals surface area (Å²) in [6.45, 7) is 0.0869. The van der Waals surface area contributed by atoms with Crippen LogP contribution in [-0.2, 0) is 19.4 Å². The average Bonchev–Trinajstić information content (AvgIpc) is 3.08. The van der Waals surface area contributed by atoms with E-state index in [1.807, 2.05) is 0 Å². The number of sulfone groups is 1. The lowest BCUT2D eigenvalue weighted by Crippen LogP contribution is -2.38. The van der Waals surface area contributed by atoms with Gasteiger partial charge in [0.25, 0.3) is 0 Å². The number of anilines is 1. The van der Waals surface area contributed by atoms with Crippen molar-refractivity contribution in [3.05, 3.63) is 24.3 Å². The first-order valence-corrected chi connectivity index (χ1v) is 10.0. The molecule has 0 bridgehead atoms. The second kappa shape index (κ2) is 7.02. The summed E-state index contributed by atoms with van der Waals surface area (Å²) < 4.78 is 63.8. The van der Waals surface area contributed by atoms with E-state index in [2.05, 4.69) is 10.1 Å². The van der Waals surface area contributed by atoms with E-state index >= 15 is 0 Å². The molecule has 11 heteroatoms. The molecule has 0 radical (unpaired) electrons. The summed E-state index contributed by atoms with van der Waals surface area (Å²) in [6.07, 6.45) is -4.57. The molecule has 2 aliphatic rings. The van der Waals surface area contributed by atoms with Gasteiger partial charge in [-0.25, -0.2) is 8.42 Å². The number of rotatable bonds is 4. The van der Waals surface area contributed by atoms with Gasteiger partial charge in [-0.15, -0.1) is 13.2 Å². The number of ether oxygens (including phenoxy) is 1. The van der Waals surface area contributed by atoms with Crippen molar-refractivity contribution in [2.24, 2.45) is 5.92 Å². The molecule has 2 aliphatic heterocycles. The van der Waals surface area contributed by atoms with Crippen LogP contribution in [0.4, 0.5) is 18.9 Å². The fraction of sp³-hybridized carbons (Fsp3) is 0.500. The monoisotopic (exact) mass is 406 g/mol. The van der Waals surface area contributed by atoms with Gasteiger partial charge in [0.2, 0.25) is 11.8 Å². The van der Waals surface area contributed by atoms with Crippen LogP contribution < -0.4 is 10.1 Å². The van der Waals surface area contributed by atoms with Gasteiger partial charge in [0.1, 0.15) is 5.75 Å². The Kier molecular flexibility index (Phi) is 5.06. The van der Waals surface area contributed by atoms with Crippen LogP contribution >= 0.6 is 0 Å². The molecule has 2 amide bonds. The number of halogens is 3. The van der Waals surface area contributed by atoms with E-state index in [9.17, 15) is 31.2 Å². The number of hydrogen-bond donors (Lipinski definition) is 1. The minimum absolute atomic E-state index is 0.0182. The molecule has 0 aliphatic carbocycles. The number of nitrogens with one attached hydrogen (secondary N) is 1. The second-order valence-corrected chi connectivity index (χ2v) is 8.80. The maximum Gasteiger partial charge on any atom is 0.573 e. The van der Waals surface area contributed by atoms with Gasteiger partial charge in [-0.3, -0.25) is 9.59 Å². The number of hydrogen-bond acceptors (Lipinski definition) is 5. The lowest BCUT2D eigenvalue weighted by molar-refractivity contribution is -0.274. The van der Waals surface area contributed by atoms with Gasteiger partial charge in [0, 0.05) is 30.8 Å². The number of likely N-dealkylation sites (tertiary alicyclic amines) is 1. The molecular formula is C16H17F3N2O5S. The standard InChI is InChI=1S/C16H17F3N2O5S/c17-16(18,19)26-13-3-1-2-11(7-13)20-15(23)10-6-14(22)21(8-10)12-4-5-27(24,25)9-12/h1-3,7,10,12H,4-6,8-9H2,(H,20,23)/t10-,12+/m0/s1. The zero-order valence-corrected chi connectivity index (χ0v) is 14.8. The molecule has 0 spiro atoms. The molecule has 2 saturated heterocycles. The summed E-state index contributed by atoms with van der Waals surface area (Å²) in [4.78, 5) is 25.9. The summed E-state index contributed by atoms with van der Waals surface area (Å²) >= 11 is 0. The maximum absolute atomic E-state index is 12.4. The zero-order chi connectivity index (χ0) is 19.8. The van der Waals surface area contributed by atoms with Gasteiger partial charge in [-0.2, -0.15) is 0 Å². The van der Waals surface area contributed by atoms with Crippen LogP contribution in [0.1, 0.15) is 12.8 Å². The SMILES string of the molecule is O=C(Nc1cccc(OC(F)(F)F)c1)[C@H]1CC(=O)N([C@@H]2CCS(=O)(=O)C2)C1. The number of nitrogens with zero attached hydrogens (tertiary/aromatic N) is 1. The predicted octanol–water partition coefficient (Wildman–Crippen LogP) is 1.56. The molecular weight excluding hydrogens is 389 g/mol. The predicted molar refractivity (Wildman–Crippen MR) is 88.6 cm³/mol. The molecule has 1 N–H and O–H groups in total. The van der Waals surface area contributed by atoms with Crippen molar-refractivity contribution in [1.29, 1.82) is 0 Å². The first-order chi connectivity index (χ1) is 12.5. The van der Waals surface area contributed by atoms with Crippen LogP contribution in [0.25, 0.3) is 0 Å². The Hall–Kier alpha value is -2.30. The highest BCUT2D eigenvalue weighted by molar-refractivity contribution is 7.91. The summed E-state index contributed by atoms with van der Waals surface area (Å²) in [7, 11) is -3.16. The van der Waals surface area contributed by atoms with Gasteiger partial charge in [-0.05, 0) is 18.6 Å². The molecule has 0 aromatic heterocycles. The summed E-state index contributed by atoms with van der Waals surface area (Å²) in [5.41, 5.74) is 0.107. The third-order valence-electron chi connectivity index (χ3n) is 4.51. The highest BCUT2D eigenvalue weighted by Crippen LogP contribution is 2.28. The van der Waals surface area contributed by atoms with Gasteiger partial charge in [-0.1, -0.05) is 6.07 Å². The Balaban J connectivity index is 1.62. The number of carbonyl (C=O) groups excluding carboxylic acids is 2. The van der Waals surface area contributed by atoms with Crippen LogP contribution in [0.15, 0.2) is 24.3 Å². The van der Waals surface area contributed by atoms with Crippen LogP contribution in [0.3, 0.4) is 0 Å². The molecule has 148 valence electrons. The molecule has 2 atom stereocenters. The van der Waals surface area contributed by atoms with Gasteiger partial charge < -0.3 is 15.0 Å². The molecule has 0 saturated carbocycles. The van der Waals surface area contributed by atoms with Crippen LogP contribution in [0.5, 0.6) is 5.75 Å². The molecule has 3 rings (SSSR count). The van der Waals surface area contributed by atoms with E-state index < -0.39 is 39.8 Å². The summed E-state index contributed by atoms with van der Waals surface area (Å²) in [6, 6.07) is 4.41. The zero-order valence-electron chi connectivity index (χ0n) is 14.0. The highest BCUT2D eigenvalue weighted by Gasteiger charge is 2.42. The van der Waals surface area contributed by atoms with Crippen molar-refractivity contribution >= 4 is 27.3 Å². The Morgan fingerprint density at radius 3 is 2.67 bits per heavy atom. The first-order valence-electron chi connectivity index (χ1n) is 8.19. The number of amides is 2. The Morgan fingerprint density at radius 1 is 1.30 bits per heavy atom. The van der Waals surface area contributed by atoms with Gasteiger partial charge in [0.05, 0.1) is 17.4 Å². The third-order valence-corrected chi connectivity index (χ3v) is 6.26. The van der Waals surface area contributed by atoms with Crippen molar-refractivity contribution < 1.29 is 35.9 Å². The van der Waals surface area contributed by atoms with E-state index in [0.29, 0.717) is 6.42 Å². The number of carbonyl (C=O) groups is 2. The maximum atomic E-state index is 12.4. The van der Waals surface area contributed by atoms with Crippen molar-refractivity contribution in [1.82, 2.24) is 4.90 Å². The van der Waals surface area contributed by atoms with E-state index in [1.165, 1.54) is 17.0 Å². The molecule has 2 fully saturated rings. The molecule has 0 unspecified atom stereocenters. The molecule has 27 heavy (non-hydrogen) atoms.